The molecule has 0 saturated carbocycles. The van der Waals surface area contributed by atoms with Gasteiger partial charge in [0.15, 0.2) is 0 Å². The van der Waals surface area contributed by atoms with Crippen LogP contribution in [-0.2, 0) is 4.74 Å². The Morgan fingerprint density at radius 2 is 2.00 bits per heavy atom. The minimum Gasteiger partial charge on any atom is -0.497 e. The highest BCUT2D eigenvalue weighted by Gasteiger charge is 2.05. The van der Waals surface area contributed by atoms with E-state index < -0.39 is 0 Å². The van der Waals surface area contributed by atoms with Gasteiger partial charge in [0.25, 0.3) is 0 Å². The lowest BCUT2D eigenvalue weighted by Crippen LogP contribution is -2.06. The molecule has 0 bridgehead atoms. The van der Waals surface area contributed by atoms with E-state index in [1.54, 1.807) is 31.4 Å². The van der Waals surface area contributed by atoms with Crippen molar-refractivity contribution in [2.75, 3.05) is 19.0 Å². The van der Waals surface area contributed by atoms with Crippen molar-refractivity contribution >= 4 is 21.9 Å². The van der Waals surface area contributed by atoms with Crippen molar-refractivity contribution in [1.82, 2.24) is 0 Å². The van der Waals surface area contributed by atoms with E-state index in [0.717, 1.165) is 5.75 Å². The Morgan fingerprint density at radius 1 is 1.36 bits per heavy atom. The molecule has 4 heteroatoms. The minimum atomic E-state index is -0.313. The van der Waals surface area contributed by atoms with Crippen LogP contribution in [0.4, 0.5) is 0 Å². The lowest BCUT2D eigenvalue weighted by molar-refractivity contribution is 0.0531. The summed E-state index contributed by atoms with van der Waals surface area (Å²) in [5.41, 5.74) is 0.534. The average Bonchev–Trinajstić information content (AvgIpc) is 2.26. The van der Waals surface area contributed by atoms with Crippen LogP contribution in [0.25, 0.3) is 0 Å². The second kappa shape index (κ2) is 5.65. The highest BCUT2D eigenvalue weighted by atomic mass is 79.9. The number of halogens is 1. The summed E-state index contributed by atoms with van der Waals surface area (Å²) >= 11 is 3.18. The molecule has 0 aliphatic heterocycles. The molecule has 76 valence electrons. The molecule has 0 aromatic heterocycles. The van der Waals surface area contributed by atoms with E-state index in [1.807, 2.05) is 0 Å². The van der Waals surface area contributed by atoms with Crippen molar-refractivity contribution < 1.29 is 14.3 Å². The van der Waals surface area contributed by atoms with E-state index in [4.69, 9.17) is 9.47 Å². The quantitative estimate of drug-likeness (QED) is 0.614. The van der Waals surface area contributed by atoms with Gasteiger partial charge in [0, 0.05) is 5.33 Å². The van der Waals surface area contributed by atoms with Crippen molar-refractivity contribution in [2.24, 2.45) is 0 Å². The molecular weight excluding hydrogens is 248 g/mol. The van der Waals surface area contributed by atoms with Crippen LogP contribution in [0.2, 0.25) is 0 Å². The van der Waals surface area contributed by atoms with Gasteiger partial charge in [0.1, 0.15) is 12.4 Å². The second-order valence-corrected chi connectivity index (χ2v) is 3.35. The smallest absolute Gasteiger partial charge is 0.338 e. The molecule has 1 aromatic carbocycles. The first-order valence-corrected chi connectivity index (χ1v) is 5.27. The summed E-state index contributed by atoms with van der Waals surface area (Å²) in [7, 11) is 1.58. The number of alkyl halides is 1. The fourth-order valence-corrected chi connectivity index (χ4v) is 1.10. The standard InChI is InChI=1S/C10H11BrO3/c1-13-9-4-2-8(3-5-9)10(12)14-7-6-11/h2-5H,6-7H2,1H3. The number of hydrogen-bond acceptors (Lipinski definition) is 3. The van der Waals surface area contributed by atoms with Gasteiger partial charge in [0.2, 0.25) is 0 Å². The van der Waals surface area contributed by atoms with Gasteiger partial charge in [-0.05, 0) is 24.3 Å². The van der Waals surface area contributed by atoms with Crippen molar-refractivity contribution in [3.63, 3.8) is 0 Å². The topological polar surface area (TPSA) is 35.5 Å². The van der Waals surface area contributed by atoms with E-state index in [-0.39, 0.29) is 5.97 Å². The third-order valence-corrected chi connectivity index (χ3v) is 1.96. The Balaban J connectivity index is 2.62. The van der Waals surface area contributed by atoms with E-state index in [0.29, 0.717) is 17.5 Å². The molecule has 0 N–H and O–H groups in total. The number of carbonyl (C=O) groups is 1. The molecule has 3 nitrogen and oxygen atoms in total. The van der Waals surface area contributed by atoms with E-state index >= 15 is 0 Å². The first kappa shape index (κ1) is 11.0. The highest BCUT2D eigenvalue weighted by molar-refractivity contribution is 9.09. The molecule has 0 atom stereocenters. The number of benzene rings is 1. The molecule has 0 radical (unpaired) electrons. The van der Waals surface area contributed by atoms with E-state index in [2.05, 4.69) is 15.9 Å². The molecule has 14 heavy (non-hydrogen) atoms. The van der Waals surface area contributed by atoms with Crippen LogP contribution in [0, 0.1) is 0 Å². The molecule has 0 aliphatic carbocycles. The van der Waals surface area contributed by atoms with E-state index in [9.17, 15) is 4.79 Å². The van der Waals surface area contributed by atoms with Gasteiger partial charge >= 0.3 is 5.97 Å². The molecule has 0 aliphatic rings. The van der Waals surface area contributed by atoms with Crippen LogP contribution in [0.15, 0.2) is 24.3 Å². The number of ether oxygens (including phenoxy) is 2. The normalized spacial score (nSPS) is 9.57. The molecule has 0 spiro atoms. The van der Waals surface area contributed by atoms with Gasteiger partial charge in [-0.25, -0.2) is 4.79 Å². The largest absolute Gasteiger partial charge is 0.497 e. The fourth-order valence-electron chi connectivity index (χ4n) is 0.942. The highest BCUT2D eigenvalue weighted by Crippen LogP contribution is 2.11. The Morgan fingerprint density at radius 3 is 2.50 bits per heavy atom. The summed E-state index contributed by atoms with van der Waals surface area (Å²) in [4.78, 5) is 11.3. The van der Waals surface area contributed by atoms with Crippen LogP contribution in [0.1, 0.15) is 10.4 Å². The van der Waals surface area contributed by atoms with Crippen LogP contribution in [-0.4, -0.2) is 25.0 Å². The van der Waals surface area contributed by atoms with Crippen molar-refractivity contribution in [2.45, 2.75) is 0 Å². The number of rotatable bonds is 4. The van der Waals surface area contributed by atoms with Crippen molar-refractivity contribution in [3.05, 3.63) is 29.8 Å². The number of hydrogen-bond donors (Lipinski definition) is 0. The summed E-state index contributed by atoms with van der Waals surface area (Å²) in [5.74, 6) is 0.411. The molecule has 0 unspecified atom stereocenters. The van der Waals surface area contributed by atoms with Gasteiger partial charge < -0.3 is 9.47 Å². The Kier molecular flexibility index (Phi) is 4.46. The molecule has 0 heterocycles. The summed E-state index contributed by atoms with van der Waals surface area (Å²) < 4.78 is 9.89. The Bertz CT molecular complexity index is 295. The maximum atomic E-state index is 11.3. The monoisotopic (exact) mass is 258 g/mol. The zero-order chi connectivity index (χ0) is 10.4. The average molecular weight is 259 g/mol. The predicted molar refractivity (Wildman–Crippen MR) is 57.1 cm³/mol. The van der Waals surface area contributed by atoms with Gasteiger partial charge in [0.05, 0.1) is 12.7 Å². The second-order valence-electron chi connectivity index (χ2n) is 2.55. The zero-order valence-corrected chi connectivity index (χ0v) is 9.41. The summed E-state index contributed by atoms with van der Waals surface area (Å²) in [5, 5.41) is 0.648. The molecule has 0 saturated heterocycles. The Hall–Kier alpha value is -1.03. The maximum absolute atomic E-state index is 11.3. The van der Waals surface area contributed by atoms with Gasteiger partial charge in [-0.3, -0.25) is 0 Å². The van der Waals surface area contributed by atoms with Crippen LogP contribution in [0.3, 0.4) is 0 Å². The predicted octanol–water partition coefficient (Wildman–Crippen LogP) is 2.25. The third-order valence-electron chi connectivity index (χ3n) is 1.64. The first-order valence-electron chi connectivity index (χ1n) is 4.15. The zero-order valence-electron chi connectivity index (χ0n) is 7.83. The molecule has 1 aromatic rings. The van der Waals surface area contributed by atoms with Gasteiger partial charge in [-0.2, -0.15) is 0 Å². The summed E-state index contributed by atoms with van der Waals surface area (Å²) in [6.07, 6.45) is 0. The van der Waals surface area contributed by atoms with E-state index in [1.165, 1.54) is 0 Å². The van der Waals surface area contributed by atoms with Crippen molar-refractivity contribution in [3.8, 4) is 5.75 Å². The Labute approximate surface area is 91.1 Å². The lowest BCUT2D eigenvalue weighted by Gasteiger charge is -2.03. The summed E-state index contributed by atoms with van der Waals surface area (Å²) in [6.45, 7) is 0.380. The minimum absolute atomic E-state index is 0.313. The van der Waals surface area contributed by atoms with Crippen LogP contribution < -0.4 is 4.74 Å². The van der Waals surface area contributed by atoms with Gasteiger partial charge in [-0.15, -0.1) is 0 Å². The number of carbonyl (C=O) groups excluding carboxylic acids is 1. The molecule has 0 amide bonds. The third kappa shape index (κ3) is 3.03. The lowest BCUT2D eigenvalue weighted by atomic mass is 10.2. The number of esters is 1. The fraction of sp³-hybridized carbons (Fsp3) is 0.300. The number of methoxy groups -OCH3 is 1. The van der Waals surface area contributed by atoms with Gasteiger partial charge in [-0.1, -0.05) is 15.9 Å². The molecule has 1 rings (SSSR count). The molecular formula is C10H11BrO3. The van der Waals surface area contributed by atoms with Crippen LogP contribution in [0.5, 0.6) is 5.75 Å². The maximum Gasteiger partial charge on any atom is 0.338 e. The summed E-state index contributed by atoms with van der Waals surface area (Å²) in [6, 6.07) is 6.81. The van der Waals surface area contributed by atoms with Crippen LogP contribution >= 0.6 is 15.9 Å². The van der Waals surface area contributed by atoms with Crippen molar-refractivity contribution in [1.29, 1.82) is 0 Å². The first-order chi connectivity index (χ1) is 6.77. The SMILES string of the molecule is COc1ccc(C(=O)OCCBr)cc1. The molecule has 0 fully saturated rings.